The van der Waals surface area contributed by atoms with E-state index in [9.17, 15) is 4.79 Å². The quantitative estimate of drug-likeness (QED) is 0.720. The molecule has 1 heterocycles. The molecular formula is C10H15N2O2+. The van der Waals surface area contributed by atoms with Crippen LogP contribution in [0, 0.1) is 0 Å². The summed E-state index contributed by atoms with van der Waals surface area (Å²) < 4.78 is 3.42. The lowest BCUT2D eigenvalue weighted by molar-refractivity contribution is -0.710. The normalized spacial score (nSPS) is 12.4. The number of rotatable bonds is 5. The second-order valence-corrected chi connectivity index (χ2v) is 3.13. The molecule has 0 fully saturated rings. The van der Waals surface area contributed by atoms with Gasteiger partial charge in [-0.1, -0.05) is 19.9 Å². The Morgan fingerprint density at radius 2 is 2.50 bits per heavy atom. The van der Waals surface area contributed by atoms with Gasteiger partial charge in [0.15, 0.2) is 6.04 Å². The molecule has 0 aliphatic carbocycles. The van der Waals surface area contributed by atoms with Crippen LogP contribution in [-0.2, 0) is 4.79 Å². The third-order valence-corrected chi connectivity index (χ3v) is 2.10. The maximum atomic E-state index is 10.9. The van der Waals surface area contributed by atoms with Crippen LogP contribution in [-0.4, -0.2) is 15.6 Å². The highest BCUT2D eigenvalue weighted by Crippen LogP contribution is 2.06. The van der Waals surface area contributed by atoms with Crippen LogP contribution in [0.1, 0.15) is 25.8 Å². The van der Waals surface area contributed by atoms with Crippen molar-refractivity contribution in [2.75, 3.05) is 0 Å². The summed E-state index contributed by atoms with van der Waals surface area (Å²) in [6, 6.07) is -0.471. The largest absolute Gasteiger partial charge is 0.478 e. The van der Waals surface area contributed by atoms with Crippen LogP contribution in [0.4, 0.5) is 0 Å². The van der Waals surface area contributed by atoms with Crippen molar-refractivity contribution in [3.63, 3.8) is 0 Å². The predicted octanol–water partition coefficient (Wildman–Crippen LogP) is 1.30. The Bertz CT molecular complexity index is 331. The van der Waals surface area contributed by atoms with Gasteiger partial charge in [-0.15, -0.1) is 0 Å². The number of hydrogen-bond donors (Lipinski definition) is 1. The fourth-order valence-electron chi connectivity index (χ4n) is 1.35. The van der Waals surface area contributed by atoms with Gasteiger partial charge in [0.1, 0.15) is 12.4 Å². The molecule has 1 unspecified atom stereocenters. The predicted molar refractivity (Wildman–Crippen MR) is 52.6 cm³/mol. The van der Waals surface area contributed by atoms with Crippen molar-refractivity contribution in [1.29, 1.82) is 0 Å². The molecule has 0 bridgehead atoms. The molecule has 0 radical (unpaired) electrons. The summed E-state index contributed by atoms with van der Waals surface area (Å²) in [7, 11) is 0. The van der Waals surface area contributed by atoms with E-state index in [0.29, 0.717) is 6.42 Å². The van der Waals surface area contributed by atoms with Crippen LogP contribution < -0.4 is 4.57 Å². The first-order valence-electron chi connectivity index (χ1n) is 4.62. The van der Waals surface area contributed by atoms with Crippen LogP contribution in [0.5, 0.6) is 0 Å². The van der Waals surface area contributed by atoms with Crippen molar-refractivity contribution in [3.8, 4) is 0 Å². The van der Waals surface area contributed by atoms with Gasteiger partial charge in [0.05, 0.1) is 6.20 Å². The molecule has 4 heteroatoms. The lowest BCUT2D eigenvalue weighted by atomic mass is 10.2. The number of nitrogens with zero attached hydrogens (tertiary/aromatic N) is 2. The average molecular weight is 195 g/mol. The molecule has 1 rings (SSSR count). The molecule has 4 nitrogen and oxygen atoms in total. The Morgan fingerprint density at radius 3 is 2.93 bits per heavy atom. The Balaban J connectivity index is 2.87. The number of imidazole rings is 1. The van der Waals surface area contributed by atoms with Crippen molar-refractivity contribution in [2.24, 2.45) is 0 Å². The van der Waals surface area contributed by atoms with E-state index in [4.69, 9.17) is 5.11 Å². The molecule has 0 aromatic carbocycles. The average Bonchev–Trinajstić information content (AvgIpc) is 2.61. The minimum atomic E-state index is -0.793. The van der Waals surface area contributed by atoms with Crippen molar-refractivity contribution < 1.29 is 14.5 Å². The number of carbonyl (C=O) groups is 1. The number of hydrogen-bond acceptors (Lipinski definition) is 1. The molecule has 1 N–H and O–H groups in total. The first-order chi connectivity index (χ1) is 6.69. The maximum Gasteiger partial charge on any atom is 0.349 e. The van der Waals surface area contributed by atoms with Crippen LogP contribution in [0.15, 0.2) is 25.3 Å². The summed E-state index contributed by atoms with van der Waals surface area (Å²) in [5.74, 6) is -0.793. The molecule has 0 spiro atoms. The van der Waals surface area contributed by atoms with Gasteiger partial charge in [-0.2, -0.15) is 0 Å². The zero-order chi connectivity index (χ0) is 10.6. The highest BCUT2D eigenvalue weighted by atomic mass is 16.4. The molecule has 0 aliphatic rings. The minimum Gasteiger partial charge on any atom is -0.478 e. The van der Waals surface area contributed by atoms with Gasteiger partial charge in [0.2, 0.25) is 6.33 Å². The third kappa shape index (κ3) is 2.22. The third-order valence-electron chi connectivity index (χ3n) is 2.10. The van der Waals surface area contributed by atoms with Gasteiger partial charge >= 0.3 is 5.97 Å². The first kappa shape index (κ1) is 10.5. The van der Waals surface area contributed by atoms with Crippen molar-refractivity contribution in [2.45, 2.75) is 25.8 Å². The lowest BCUT2D eigenvalue weighted by Gasteiger charge is -2.06. The second kappa shape index (κ2) is 4.60. The molecule has 0 saturated carbocycles. The van der Waals surface area contributed by atoms with E-state index in [0.717, 1.165) is 6.42 Å². The number of aliphatic carboxylic acids is 1. The molecular weight excluding hydrogens is 180 g/mol. The van der Waals surface area contributed by atoms with Gasteiger partial charge in [0.25, 0.3) is 0 Å². The highest BCUT2D eigenvalue weighted by Gasteiger charge is 2.23. The van der Waals surface area contributed by atoms with Crippen LogP contribution in [0.2, 0.25) is 0 Å². The molecule has 0 amide bonds. The Labute approximate surface area is 83.1 Å². The summed E-state index contributed by atoms with van der Waals surface area (Å²) >= 11 is 0. The highest BCUT2D eigenvalue weighted by molar-refractivity contribution is 5.69. The monoisotopic (exact) mass is 195 g/mol. The van der Waals surface area contributed by atoms with E-state index in [1.54, 1.807) is 34.1 Å². The summed E-state index contributed by atoms with van der Waals surface area (Å²) in [5.41, 5.74) is 0. The molecule has 0 saturated heterocycles. The minimum absolute atomic E-state index is 0.471. The van der Waals surface area contributed by atoms with E-state index < -0.39 is 12.0 Å². The Kier molecular flexibility index (Phi) is 3.45. The van der Waals surface area contributed by atoms with Crippen molar-refractivity contribution >= 4 is 12.2 Å². The maximum absolute atomic E-state index is 10.9. The zero-order valence-electron chi connectivity index (χ0n) is 8.26. The van der Waals surface area contributed by atoms with E-state index in [-0.39, 0.29) is 0 Å². The SMILES string of the molecule is C=Cn1cc[n+](C(CCC)C(=O)O)c1. The smallest absolute Gasteiger partial charge is 0.349 e. The zero-order valence-corrected chi connectivity index (χ0v) is 8.26. The summed E-state index contributed by atoms with van der Waals surface area (Å²) in [5, 5.41) is 8.98. The van der Waals surface area contributed by atoms with Gasteiger partial charge in [-0.05, 0) is 6.42 Å². The molecule has 1 atom stereocenters. The second-order valence-electron chi connectivity index (χ2n) is 3.13. The molecule has 14 heavy (non-hydrogen) atoms. The summed E-state index contributed by atoms with van der Waals surface area (Å²) in [4.78, 5) is 10.9. The van der Waals surface area contributed by atoms with E-state index >= 15 is 0 Å². The number of carboxylic acids is 1. The van der Waals surface area contributed by atoms with Gasteiger partial charge in [-0.25, -0.2) is 13.9 Å². The topological polar surface area (TPSA) is 46.1 Å². The van der Waals surface area contributed by atoms with Crippen LogP contribution in [0.3, 0.4) is 0 Å². The first-order valence-corrected chi connectivity index (χ1v) is 4.62. The lowest BCUT2D eigenvalue weighted by Crippen LogP contribution is -2.42. The molecule has 1 aromatic rings. The fourth-order valence-corrected chi connectivity index (χ4v) is 1.35. The van der Waals surface area contributed by atoms with E-state index in [1.165, 1.54) is 0 Å². The van der Waals surface area contributed by atoms with Gasteiger partial charge in [0, 0.05) is 0 Å². The standard InChI is InChI=1S/C10H14N2O2/c1-3-5-9(10(13)14)12-7-6-11(4-2)8-12/h4,6-9H,2-3,5H2,1H3/p+1. The fraction of sp³-hybridized carbons (Fsp3) is 0.400. The van der Waals surface area contributed by atoms with Crippen molar-refractivity contribution in [1.82, 2.24) is 4.57 Å². The molecule has 1 aromatic heterocycles. The summed E-state index contributed by atoms with van der Waals surface area (Å²) in [6.45, 7) is 5.57. The van der Waals surface area contributed by atoms with Gasteiger partial charge in [-0.3, -0.25) is 0 Å². The van der Waals surface area contributed by atoms with Crippen LogP contribution in [0.25, 0.3) is 6.20 Å². The van der Waals surface area contributed by atoms with E-state index in [1.807, 2.05) is 6.92 Å². The summed E-state index contributed by atoms with van der Waals surface area (Å²) in [6.07, 6.45) is 8.36. The van der Waals surface area contributed by atoms with Gasteiger partial charge < -0.3 is 5.11 Å². The molecule has 0 aliphatic heterocycles. The Hall–Kier alpha value is -1.58. The number of carboxylic acid groups (broad SMARTS) is 1. The van der Waals surface area contributed by atoms with Crippen molar-refractivity contribution in [3.05, 3.63) is 25.3 Å². The van der Waals surface area contributed by atoms with E-state index in [2.05, 4.69) is 6.58 Å². The van der Waals surface area contributed by atoms with Crippen LogP contribution >= 0.6 is 0 Å². The number of aromatic nitrogens is 2. The Morgan fingerprint density at radius 1 is 1.79 bits per heavy atom. The molecule has 76 valence electrons.